The summed E-state index contributed by atoms with van der Waals surface area (Å²) in [4.78, 5) is 38.2. The van der Waals surface area contributed by atoms with Crippen LogP contribution in [0, 0.1) is 0 Å². The van der Waals surface area contributed by atoms with Gasteiger partial charge in [-0.25, -0.2) is 0 Å². The number of nitrogens with zero attached hydrogens (tertiary/aromatic N) is 4. The van der Waals surface area contributed by atoms with Crippen LogP contribution in [0.4, 0.5) is 0 Å². The molecule has 7 heteroatoms. The van der Waals surface area contributed by atoms with Gasteiger partial charge in [0.2, 0.25) is 5.91 Å². The van der Waals surface area contributed by atoms with Crippen LogP contribution in [0.15, 0.2) is 30.6 Å². The number of fused-ring (bicyclic) bond motifs is 1. The van der Waals surface area contributed by atoms with E-state index in [-0.39, 0.29) is 11.8 Å². The van der Waals surface area contributed by atoms with Crippen molar-refractivity contribution in [3.05, 3.63) is 36.2 Å². The molecule has 2 saturated heterocycles. The molecule has 1 atom stereocenters. The van der Waals surface area contributed by atoms with Crippen LogP contribution in [0.2, 0.25) is 0 Å². The van der Waals surface area contributed by atoms with Crippen LogP contribution in [-0.4, -0.2) is 70.3 Å². The topological polar surface area (TPSA) is 78.4 Å². The van der Waals surface area contributed by atoms with Crippen molar-refractivity contribution < 1.29 is 9.59 Å². The van der Waals surface area contributed by atoms with Crippen LogP contribution < -0.4 is 5.32 Å². The number of nitrogens with one attached hydrogen (secondary N) is 1. The number of likely N-dealkylation sites (tertiary alicyclic amines) is 1. The molecule has 4 rings (SSSR count). The lowest BCUT2D eigenvalue weighted by atomic mass is 10.1. The third-order valence-electron chi connectivity index (χ3n) is 4.94. The van der Waals surface area contributed by atoms with Gasteiger partial charge in [0.1, 0.15) is 11.6 Å². The summed E-state index contributed by atoms with van der Waals surface area (Å²) < 4.78 is 0. The van der Waals surface area contributed by atoms with Crippen LogP contribution in [0.5, 0.6) is 0 Å². The average Bonchev–Trinajstić information content (AvgIpc) is 3.21. The Hall–Kier alpha value is -2.54. The molecule has 2 aromatic rings. The number of piperazine rings is 1. The third-order valence-corrected chi connectivity index (χ3v) is 4.94. The van der Waals surface area contributed by atoms with Crippen molar-refractivity contribution in [1.29, 1.82) is 0 Å². The molecule has 25 heavy (non-hydrogen) atoms. The van der Waals surface area contributed by atoms with Gasteiger partial charge in [-0.2, -0.15) is 0 Å². The van der Waals surface area contributed by atoms with Crippen molar-refractivity contribution in [1.82, 2.24) is 25.1 Å². The van der Waals surface area contributed by atoms with Crippen molar-refractivity contribution in [2.75, 3.05) is 32.7 Å². The second-order valence-corrected chi connectivity index (χ2v) is 6.48. The number of hydrogen-bond acceptors (Lipinski definition) is 5. The van der Waals surface area contributed by atoms with E-state index in [4.69, 9.17) is 0 Å². The van der Waals surface area contributed by atoms with Gasteiger partial charge in [-0.1, -0.05) is 6.07 Å². The lowest BCUT2D eigenvalue weighted by Crippen LogP contribution is -2.59. The Labute approximate surface area is 146 Å². The molecular formula is C18H21N5O2. The molecule has 0 aliphatic carbocycles. The summed E-state index contributed by atoms with van der Waals surface area (Å²) in [6.07, 6.45) is 5.28. The second-order valence-electron chi connectivity index (χ2n) is 6.48. The first-order valence-corrected chi connectivity index (χ1v) is 8.76. The Morgan fingerprint density at radius 3 is 2.72 bits per heavy atom. The number of benzene rings is 1. The van der Waals surface area contributed by atoms with Gasteiger partial charge in [-0.05, 0) is 25.0 Å². The van der Waals surface area contributed by atoms with E-state index in [1.165, 1.54) is 0 Å². The maximum Gasteiger partial charge on any atom is 0.256 e. The number of amides is 2. The third kappa shape index (κ3) is 2.95. The van der Waals surface area contributed by atoms with E-state index in [9.17, 15) is 9.59 Å². The molecule has 0 spiro atoms. The van der Waals surface area contributed by atoms with Crippen LogP contribution in [0.25, 0.3) is 11.0 Å². The Morgan fingerprint density at radius 2 is 1.88 bits per heavy atom. The summed E-state index contributed by atoms with van der Waals surface area (Å²) in [6.45, 7) is 3.28. The molecule has 0 bridgehead atoms. The number of aromatic nitrogens is 2. The highest BCUT2D eigenvalue weighted by Gasteiger charge is 2.36. The normalized spacial score (nSPS) is 20.9. The molecule has 2 fully saturated rings. The summed E-state index contributed by atoms with van der Waals surface area (Å²) in [5.74, 6) is -0.102. The average molecular weight is 339 g/mol. The van der Waals surface area contributed by atoms with Crippen LogP contribution in [-0.2, 0) is 4.79 Å². The molecule has 1 aromatic carbocycles. The van der Waals surface area contributed by atoms with E-state index in [1.54, 1.807) is 23.4 Å². The summed E-state index contributed by atoms with van der Waals surface area (Å²) in [6, 6.07) is 4.96. The second kappa shape index (κ2) is 6.76. The summed E-state index contributed by atoms with van der Waals surface area (Å²) in [7, 11) is 0. The summed E-state index contributed by atoms with van der Waals surface area (Å²) in [5, 5.41) is 3.24. The maximum absolute atomic E-state index is 13.2. The molecule has 2 aliphatic rings. The van der Waals surface area contributed by atoms with Crippen LogP contribution in [0.1, 0.15) is 23.2 Å². The number of carbonyl (C=O) groups is 2. The fourth-order valence-corrected chi connectivity index (χ4v) is 3.64. The first-order chi connectivity index (χ1) is 12.3. The fraction of sp³-hybridized carbons (Fsp3) is 0.444. The van der Waals surface area contributed by atoms with E-state index >= 15 is 0 Å². The van der Waals surface area contributed by atoms with Crippen molar-refractivity contribution in [2.45, 2.75) is 18.9 Å². The van der Waals surface area contributed by atoms with E-state index < -0.39 is 6.04 Å². The molecule has 0 saturated carbocycles. The van der Waals surface area contributed by atoms with Gasteiger partial charge in [-0.3, -0.25) is 19.6 Å². The Balaban J connectivity index is 1.65. The smallest absolute Gasteiger partial charge is 0.256 e. The standard InChI is InChI=1S/C18H21N5O2/c24-17(13-4-3-5-14-16(13)21-7-6-20-14)23-11-8-19-12-15(23)18(25)22-9-1-2-10-22/h3-7,15,19H,1-2,8-12H2. The molecule has 130 valence electrons. The highest BCUT2D eigenvalue weighted by Crippen LogP contribution is 2.20. The predicted molar refractivity (Wildman–Crippen MR) is 93.0 cm³/mol. The fourth-order valence-electron chi connectivity index (χ4n) is 3.64. The number of carbonyl (C=O) groups excluding carboxylic acids is 2. The molecule has 1 aromatic heterocycles. The minimum Gasteiger partial charge on any atom is -0.341 e. The molecule has 1 N–H and O–H groups in total. The lowest BCUT2D eigenvalue weighted by molar-refractivity contribution is -0.135. The van der Waals surface area contributed by atoms with Crippen molar-refractivity contribution >= 4 is 22.8 Å². The molecule has 2 aliphatic heterocycles. The molecule has 1 unspecified atom stereocenters. The zero-order valence-corrected chi connectivity index (χ0v) is 14.0. The minimum atomic E-state index is -0.453. The predicted octanol–water partition coefficient (Wildman–Crippen LogP) is 0.666. The van der Waals surface area contributed by atoms with Gasteiger partial charge in [0.05, 0.1) is 11.1 Å². The van der Waals surface area contributed by atoms with E-state index in [1.807, 2.05) is 17.0 Å². The zero-order chi connectivity index (χ0) is 17.2. The van der Waals surface area contributed by atoms with E-state index in [0.717, 1.165) is 25.9 Å². The van der Waals surface area contributed by atoms with E-state index in [0.29, 0.717) is 36.2 Å². The van der Waals surface area contributed by atoms with E-state index in [2.05, 4.69) is 15.3 Å². The van der Waals surface area contributed by atoms with Gasteiger partial charge in [0.15, 0.2) is 0 Å². The van der Waals surface area contributed by atoms with Crippen LogP contribution >= 0.6 is 0 Å². The molecule has 3 heterocycles. The van der Waals surface area contributed by atoms with Crippen molar-refractivity contribution in [3.8, 4) is 0 Å². The zero-order valence-electron chi connectivity index (χ0n) is 14.0. The monoisotopic (exact) mass is 339 g/mol. The summed E-state index contributed by atoms with van der Waals surface area (Å²) in [5.41, 5.74) is 1.78. The first-order valence-electron chi connectivity index (χ1n) is 8.76. The first kappa shape index (κ1) is 16.0. The maximum atomic E-state index is 13.2. The number of hydrogen-bond donors (Lipinski definition) is 1. The van der Waals surface area contributed by atoms with Gasteiger partial charge in [0.25, 0.3) is 5.91 Å². The SMILES string of the molecule is O=C(C1CNCCN1C(=O)c1cccc2nccnc12)N1CCCC1. The van der Waals surface area contributed by atoms with Gasteiger partial charge in [-0.15, -0.1) is 0 Å². The quantitative estimate of drug-likeness (QED) is 0.870. The van der Waals surface area contributed by atoms with Gasteiger partial charge < -0.3 is 15.1 Å². The summed E-state index contributed by atoms with van der Waals surface area (Å²) >= 11 is 0. The van der Waals surface area contributed by atoms with Crippen molar-refractivity contribution in [2.24, 2.45) is 0 Å². The number of para-hydroxylation sites is 1. The Kier molecular flexibility index (Phi) is 4.31. The Bertz CT molecular complexity index is 798. The van der Waals surface area contributed by atoms with Crippen LogP contribution in [0.3, 0.4) is 0 Å². The molecule has 0 radical (unpaired) electrons. The highest BCUT2D eigenvalue weighted by atomic mass is 16.2. The largest absolute Gasteiger partial charge is 0.341 e. The lowest BCUT2D eigenvalue weighted by Gasteiger charge is -2.37. The molecular weight excluding hydrogens is 318 g/mol. The molecule has 7 nitrogen and oxygen atoms in total. The molecule has 2 amide bonds. The number of rotatable bonds is 2. The van der Waals surface area contributed by atoms with Crippen molar-refractivity contribution in [3.63, 3.8) is 0 Å². The van der Waals surface area contributed by atoms with Gasteiger partial charge >= 0.3 is 0 Å². The highest BCUT2D eigenvalue weighted by molar-refractivity contribution is 6.06. The Morgan fingerprint density at radius 1 is 1.08 bits per heavy atom. The minimum absolute atomic E-state index is 0.0457. The van der Waals surface area contributed by atoms with Gasteiger partial charge in [0, 0.05) is 45.1 Å².